The minimum absolute atomic E-state index is 0.203. The van der Waals surface area contributed by atoms with Crippen molar-refractivity contribution >= 4 is 0 Å². The van der Waals surface area contributed by atoms with E-state index in [1.54, 1.807) is 0 Å². The predicted octanol–water partition coefficient (Wildman–Crippen LogP) is 2.59. The molecule has 0 saturated carbocycles. The molecule has 0 saturated heterocycles. The Morgan fingerprint density at radius 3 is 2.71 bits per heavy atom. The molecule has 1 heterocycles. The molecular formula is C9H10F3NO. The van der Waals surface area contributed by atoms with Crippen molar-refractivity contribution in [3.63, 3.8) is 0 Å². The zero-order valence-electron chi connectivity index (χ0n) is 7.64. The first kappa shape index (κ1) is 10.8. The molecule has 2 nitrogen and oxygen atoms in total. The van der Waals surface area contributed by atoms with Crippen molar-refractivity contribution in [3.8, 4) is 5.75 Å². The lowest BCUT2D eigenvalue weighted by molar-refractivity contribution is -0.153. The van der Waals surface area contributed by atoms with Crippen LogP contribution in [-0.4, -0.2) is 17.8 Å². The molecule has 1 rings (SSSR count). The molecule has 1 aromatic heterocycles. The van der Waals surface area contributed by atoms with Crippen LogP contribution in [0.15, 0.2) is 18.3 Å². The van der Waals surface area contributed by atoms with Crippen LogP contribution in [-0.2, 0) is 6.42 Å². The Hall–Kier alpha value is -1.26. The van der Waals surface area contributed by atoms with Gasteiger partial charge >= 0.3 is 6.18 Å². The Morgan fingerprint density at radius 1 is 1.43 bits per heavy atom. The molecule has 0 bridgehead atoms. The van der Waals surface area contributed by atoms with Gasteiger partial charge in [-0.2, -0.15) is 13.2 Å². The summed E-state index contributed by atoms with van der Waals surface area (Å²) in [5.41, 5.74) is 0.713. The van der Waals surface area contributed by atoms with Crippen molar-refractivity contribution in [1.82, 2.24) is 4.98 Å². The average molecular weight is 205 g/mol. The maximum absolute atomic E-state index is 11.8. The zero-order valence-corrected chi connectivity index (χ0v) is 7.64. The summed E-state index contributed by atoms with van der Waals surface area (Å²) >= 11 is 0. The zero-order chi connectivity index (χ0) is 10.6. The Bertz CT molecular complexity index is 298. The fourth-order valence-electron chi connectivity index (χ4n) is 0.904. The van der Waals surface area contributed by atoms with Gasteiger partial charge in [-0.25, -0.2) is 0 Å². The highest BCUT2D eigenvalue weighted by Gasteiger charge is 2.28. The van der Waals surface area contributed by atoms with Crippen molar-refractivity contribution in [2.75, 3.05) is 6.61 Å². The number of aromatic nitrogens is 1. The van der Waals surface area contributed by atoms with Gasteiger partial charge in [-0.1, -0.05) is 6.92 Å². The first-order valence-electron chi connectivity index (χ1n) is 4.16. The van der Waals surface area contributed by atoms with E-state index in [1.165, 1.54) is 18.3 Å². The largest absolute Gasteiger partial charge is 0.484 e. The molecule has 5 heteroatoms. The van der Waals surface area contributed by atoms with Gasteiger partial charge in [-0.15, -0.1) is 0 Å². The molecule has 0 aliphatic heterocycles. The summed E-state index contributed by atoms with van der Waals surface area (Å²) in [6, 6.07) is 2.91. The van der Waals surface area contributed by atoms with Crippen molar-refractivity contribution in [2.24, 2.45) is 0 Å². The van der Waals surface area contributed by atoms with Crippen LogP contribution in [0.2, 0.25) is 0 Å². The highest BCUT2D eigenvalue weighted by atomic mass is 19.4. The van der Waals surface area contributed by atoms with E-state index >= 15 is 0 Å². The second-order valence-electron chi connectivity index (χ2n) is 2.74. The molecule has 0 amide bonds. The van der Waals surface area contributed by atoms with Gasteiger partial charge in [0.1, 0.15) is 5.75 Å². The molecule has 0 aromatic carbocycles. The normalized spacial score (nSPS) is 11.4. The lowest BCUT2D eigenvalue weighted by atomic mass is 10.3. The number of alkyl halides is 3. The number of nitrogens with zero attached hydrogens (tertiary/aromatic N) is 1. The van der Waals surface area contributed by atoms with Crippen LogP contribution in [0.1, 0.15) is 12.6 Å². The third-order valence-corrected chi connectivity index (χ3v) is 1.55. The van der Waals surface area contributed by atoms with Crippen LogP contribution < -0.4 is 4.74 Å². The van der Waals surface area contributed by atoms with Crippen LogP contribution in [0.25, 0.3) is 0 Å². The highest BCUT2D eigenvalue weighted by Crippen LogP contribution is 2.18. The maximum Gasteiger partial charge on any atom is 0.422 e. The summed E-state index contributed by atoms with van der Waals surface area (Å²) in [4.78, 5) is 3.94. The van der Waals surface area contributed by atoms with E-state index in [4.69, 9.17) is 0 Å². The molecule has 78 valence electrons. The summed E-state index contributed by atoms with van der Waals surface area (Å²) in [6.45, 7) is 0.607. The topological polar surface area (TPSA) is 22.1 Å². The molecule has 1 aromatic rings. The van der Waals surface area contributed by atoms with Crippen LogP contribution in [0.3, 0.4) is 0 Å². The second kappa shape index (κ2) is 4.30. The lowest BCUT2D eigenvalue weighted by Crippen LogP contribution is -2.19. The molecule has 14 heavy (non-hydrogen) atoms. The second-order valence-corrected chi connectivity index (χ2v) is 2.74. The van der Waals surface area contributed by atoms with E-state index < -0.39 is 12.8 Å². The fraction of sp³-hybridized carbons (Fsp3) is 0.444. The molecule has 0 aliphatic rings. The maximum atomic E-state index is 11.8. The Kier molecular flexibility index (Phi) is 3.33. The molecule has 0 N–H and O–H groups in total. The van der Waals surface area contributed by atoms with E-state index in [9.17, 15) is 13.2 Å². The van der Waals surface area contributed by atoms with Gasteiger partial charge < -0.3 is 4.74 Å². The lowest BCUT2D eigenvalue weighted by Gasteiger charge is -2.09. The monoisotopic (exact) mass is 205 g/mol. The predicted molar refractivity (Wildman–Crippen MR) is 45.2 cm³/mol. The van der Waals surface area contributed by atoms with Crippen molar-refractivity contribution in [1.29, 1.82) is 0 Å². The highest BCUT2D eigenvalue weighted by molar-refractivity contribution is 5.22. The Balaban J connectivity index is 2.59. The Labute approximate surface area is 79.7 Å². The number of aryl methyl sites for hydroxylation is 1. The molecule has 0 radical (unpaired) electrons. The molecule has 0 spiro atoms. The van der Waals surface area contributed by atoms with Crippen LogP contribution >= 0.6 is 0 Å². The number of halogens is 3. The van der Waals surface area contributed by atoms with Crippen LogP contribution in [0.4, 0.5) is 13.2 Å². The van der Waals surface area contributed by atoms with Gasteiger partial charge in [0, 0.05) is 18.0 Å². The van der Waals surface area contributed by atoms with Gasteiger partial charge in [0.25, 0.3) is 0 Å². The summed E-state index contributed by atoms with van der Waals surface area (Å²) < 4.78 is 39.9. The van der Waals surface area contributed by atoms with Crippen molar-refractivity contribution < 1.29 is 17.9 Å². The van der Waals surface area contributed by atoms with Gasteiger partial charge in [-0.05, 0) is 12.5 Å². The van der Waals surface area contributed by atoms with Gasteiger partial charge in [0.05, 0.1) is 0 Å². The minimum atomic E-state index is -4.30. The first-order valence-corrected chi connectivity index (χ1v) is 4.16. The molecule has 0 unspecified atom stereocenters. The van der Waals surface area contributed by atoms with E-state index in [2.05, 4.69) is 9.72 Å². The molecular weight excluding hydrogens is 195 g/mol. The molecule has 0 fully saturated rings. The summed E-state index contributed by atoms with van der Waals surface area (Å²) in [7, 11) is 0. The van der Waals surface area contributed by atoms with Crippen molar-refractivity contribution in [2.45, 2.75) is 19.5 Å². The first-order chi connectivity index (χ1) is 6.51. The third-order valence-electron chi connectivity index (χ3n) is 1.55. The van der Waals surface area contributed by atoms with Crippen LogP contribution in [0, 0.1) is 0 Å². The minimum Gasteiger partial charge on any atom is -0.484 e. The Morgan fingerprint density at radius 2 is 2.14 bits per heavy atom. The standard InChI is InChI=1S/C9H10F3NO/c1-2-7-5-8(3-4-13-7)14-6-9(10,11)12/h3-5H,2,6H2,1H3. The summed E-state index contributed by atoms with van der Waals surface area (Å²) in [6.07, 6.45) is -2.19. The number of hydrogen-bond donors (Lipinski definition) is 0. The van der Waals surface area contributed by atoms with E-state index in [-0.39, 0.29) is 5.75 Å². The smallest absolute Gasteiger partial charge is 0.422 e. The number of ether oxygens (including phenoxy) is 1. The molecule has 0 aliphatic carbocycles. The summed E-state index contributed by atoms with van der Waals surface area (Å²) in [5, 5.41) is 0. The van der Waals surface area contributed by atoms with E-state index in [0.717, 1.165) is 0 Å². The average Bonchev–Trinajstić information content (AvgIpc) is 2.14. The van der Waals surface area contributed by atoms with Crippen LogP contribution in [0.5, 0.6) is 5.75 Å². The molecule has 0 atom stereocenters. The SMILES string of the molecule is CCc1cc(OCC(F)(F)F)ccn1. The number of rotatable bonds is 3. The third kappa shape index (κ3) is 3.64. The quantitative estimate of drug-likeness (QED) is 0.756. The van der Waals surface area contributed by atoms with Gasteiger partial charge in [0.15, 0.2) is 6.61 Å². The number of pyridine rings is 1. The van der Waals surface area contributed by atoms with E-state index in [1.807, 2.05) is 6.92 Å². The van der Waals surface area contributed by atoms with Crippen molar-refractivity contribution in [3.05, 3.63) is 24.0 Å². The van der Waals surface area contributed by atoms with Gasteiger partial charge in [-0.3, -0.25) is 4.98 Å². The van der Waals surface area contributed by atoms with Gasteiger partial charge in [0.2, 0.25) is 0 Å². The van der Waals surface area contributed by atoms with E-state index in [0.29, 0.717) is 12.1 Å². The number of hydrogen-bond acceptors (Lipinski definition) is 2. The summed E-state index contributed by atoms with van der Waals surface area (Å²) in [5.74, 6) is 0.203. The fourth-order valence-corrected chi connectivity index (χ4v) is 0.904.